The zero-order valence-corrected chi connectivity index (χ0v) is 18.5. The molecular weight excluding hydrogens is 408 g/mol. The minimum atomic E-state index is -0.0170. The van der Waals surface area contributed by atoms with Gasteiger partial charge in [-0.05, 0) is 25.0 Å². The Morgan fingerprint density at radius 2 is 1.74 bits per heavy atom. The molecule has 0 aliphatic carbocycles. The summed E-state index contributed by atoms with van der Waals surface area (Å²) < 4.78 is 3.72. The van der Waals surface area contributed by atoms with E-state index < -0.39 is 0 Å². The molecular formula is C24H26N4O2S. The van der Waals surface area contributed by atoms with Gasteiger partial charge in [-0.25, -0.2) is 0 Å². The summed E-state index contributed by atoms with van der Waals surface area (Å²) in [6.07, 6.45) is 4.34. The molecule has 0 amide bonds. The number of unbranched alkanes of at least 4 members (excludes halogenated alkanes) is 2. The van der Waals surface area contributed by atoms with Crippen LogP contribution in [0.1, 0.15) is 49.4 Å². The van der Waals surface area contributed by atoms with E-state index in [0.717, 1.165) is 47.7 Å². The second kappa shape index (κ2) is 9.92. The molecule has 31 heavy (non-hydrogen) atoms. The molecule has 0 radical (unpaired) electrons. The molecule has 0 unspecified atom stereocenters. The van der Waals surface area contributed by atoms with Gasteiger partial charge in [-0.15, -0.1) is 10.2 Å². The summed E-state index contributed by atoms with van der Waals surface area (Å²) in [5.41, 5.74) is 1.56. The first-order valence-corrected chi connectivity index (χ1v) is 11.8. The number of aromatic nitrogens is 4. The zero-order valence-electron chi connectivity index (χ0n) is 17.7. The summed E-state index contributed by atoms with van der Waals surface area (Å²) in [6, 6.07) is 17.0. The standard InChI is InChI=1S/C24H26N4O2S/c1-2-3-9-16-27-22(30)19-13-7-8-14-20(19)28-23(27)25-26-24(28)31-17-10-15-21(29)18-11-5-4-6-12-18/h4-8,11-14H,2-3,9-10,15-17H2,1H3. The lowest BCUT2D eigenvalue weighted by Gasteiger charge is -2.11. The van der Waals surface area contributed by atoms with Gasteiger partial charge in [0, 0.05) is 24.3 Å². The third-order valence-electron chi connectivity index (χ3n) is 5.34. The highest BCUT2D eigenvalue weighted by Crippen LogP contribution is 2.23. The molecule has 2 heterocycles. The van der Waals surface area contributed by atoms with Crippen molar-refractivity contribution < 1.29 is 4.79 Å². The van der Waals surface area contributed by atoms with Crippen LogP contribution in [0.4, 0.5) is 0 Å². The van der Waals surface area contributed by atoms with Crippen LogP contribution in [0, 0.1) is 0 Å². The second-order valence-electron chi connectivity index (χ2n) is 7.54. The van der Waals surface area contributed by atoms with Gasteiger partial charge in [-0.3, -0.25) is 18.6 Å². The van der Waals surface area contributed by atoms with E-state index in [9.17, 15) is 9.59 Å². The number of hydrogen-bond donors (Lipinski definition) is 0. The van der Waals surface area contributed by atoms with Crippen molar-refractivity contribution in [2.75, 3.05) is 5.75 Å². The first-order chi connectivity index (χ1) is 15.2. The number of para-hydroxylation sites is 1. The van der Waals surface area contributed by atoms with E-state index >= 15 is 0 Å². The molecule has 4 rings (SSSR count). The molecule has 0 bridgehead atoms. The number of thioether (sulfide) groups is 1. The van der Waals surface area contributed by atoms with Crippen molar-refractivity contribution in [1.29, 1.82) is 0 Å². The monoisotopic (exact) mass is 434 g/mol. The van der Waals surface area contributed by atoms with Crippen molar-refractivity contribution in [2.24, 2.45) is 0 Å². The third kappa shape index (κ3) is 4.56. The van der Waals surface area contributed by atoms with Gasteiger partial charge in [-0.1, -0.05) is 74.0 Å². The van der Waals surface area contributed by atoms with Crippen LogP contribution in [0.5, 0.6) is 0 Å². The van der Waals surface area contributed by atoms with Crippen LogP contribution in [0.2, 0.25) is 0 Å². The maximum absolute atomic E-state index is 13.1. The SMILES string of the molecule is CCCCCn1c(=O)c2ccccc2n2c(SCCCC(=O)c3ccccc3)nnc12. The predicted molar refractivity (Wildman–Crippen MR) is 125 cm³/mol. The molecule has 160 valence electrons. The first-order valence-electron chi connectivity index (χ1n) is 10.8. The molecule has 2 aromatic heterocycles. The Bertz CT molecular complexity index is 1250. The van der Waals surface area contributed by atoms with Crippen LogP contribution in [0.15, 0.2) is 64.5 Å². The smallest absolute Gasteiger partial charge is 0.262 e. The lowest BCUT2D eigenvalue weighted by atomic mass is 10.1. The van der Waals surface area contributed by atoms with Crippen molar-refractivity contribution in [3.63, 3.8) is 0 Å². The maximum Gasteiger partial charge on any atom is 0.262 e. The number of ketones is 1. The highest BCUT2D eigenvalue weighted by Gasteiger charge is 2.16. The highest BCUT2D eigenvalue weighted by molar-refractivity contribution is 7.99. The molecule has 0 spiro atoms. The largest absolute Gasteiger partial charge is 0.294 e. The van der Waals surface area contributed by atoms with Gasteiger partial charge in [0.05, 0.1) is 10.9 Å². The van der Waals surface area contributed by atoms with Crippen LogP contribution < -0.4 is 5.56 Å². The number of carbonyl (C=O) groups is 1. The van der Waals surface area contributed by atoms with E-state index in [2.05, 4.69) is 17.1 Å². The predicted octanol–water partition coefficient (Wildman–Crippen LogP) is 4.99. The summed E-state index contributed by atoms with van der Waals surface area (Å²) in [4.78, 5) is 25.4. The fourth-order valence-electron chi connectivity index (χ4n) is 3.71. The minimum absolute atomic E-state index is 0.0170. The molecule has 0 saturated heterocycles. The molecule has 0 aliphatic heterocycles. The molecule has 0 atom stereocenters. The van der Waals surface area contributed by atoms with E-state index in [1.54, 1.807) is 16.3 Å². The Morgan fingerprint density at radius 1 is 0.968 bits per heavy atom. The van der Waals surface area contributed by atoms with Gasteiger partial charge in [0.15, 0.2) is 10.9 Å². The lowest BCUT2D eigenvalue weighted by Crippen LogP contribution is -2.23. The van der Waals surface area contributed by atoms with Gasteiger partial charge in [-0.2, -0.15) is 0 Å². The average Bonchev–Trinajstić information content (AvgIpc) is 3.23. The van der Waals surface area contributed by atoms with Crippen molar-refractivity contribution in [2.45, 2.75) is 50.7 Å². The second-order valence-corrected chi connectivity index (χ2v) is 8.60. The Morgan fingerprint density at radius 3 is 2.55 bits per heavy atom. The van der Waals surface area contributed by atoms with Crippen LogP contribution >= 0.6 is 11.8 Å². The number of aryl methyl sites for hydroxylation is 1. The summed E-state index contributed by atoms with van der Waals surface area (Å²) in [5, 5.41) is 10.2. The summed E-state index contributed by atoms with van der Waals surface area (Å²) in [7, 11) is 0. The van der Waals surface area contributed by atoms with Gasteiger partial charge in [0.2, 0.25) is 5.78 Å². The lowest BCUT2D eigenvalue weighted by molar-refractivity contribution is 0.0982. The van der Waals surface area contributed by atoms with E-state index in [1.807, 2.05) is 59.0 Å². The molecule has 0 fully saturated rings. The number of nitrogens with zero attached hydrogens (tertiary/aromatic N) is 4. The number of hydrogen-bond acceptors (Lipinski definition) is 5. The van der Waals surface area contributed by atoms with Gasteiger partial charge < -0.3 is 0 Å². The van der Waals surface area contributed by atoms with Crippen LogP contribution in [-0.2, 0) is 6.54 Å². The summed E-state index contributed by atoms with van der Waals surface area (Å²) in [5.74, 6) is 1.49. The Labute approximate surface area is 185 Å². The third-order valence-corrected chi connectivity index (χ3v) is 6.35. The summed E-state index contributed by atoms with van der Waals surface area (Å²) in [6.45, 7) is 2.78. The van der Waals surface area contributed by atoms with Crippen molar-refractivity contribution in [1.82, 2.24) is 19.2 Å². The summed E-state index contributed by atoms with van der Waals surface area (Å²) >= 11 is 1.57. The van der Waals surface area contributed by atoms with Gasteiger partial charge in [0.25, 0.3) is 5.56 Å². The van der Waals surface area contributed by atoms with Crippen LogP contribution in [0.3, 0.4) is 0 Å². The molecule has 6 nitrogen and oxygen atoms in total. The van der Waals surface area contributed by atoms with Crippen molar-refractivity contribution >= 4 is 34.2 Å². The van der Waals surface area contributed by atoms with E-state index in [1.165, 1.54) is 0 Å². The Hall–Kier alpha value is -2.93. The van der Waals surface area contributed by atoms with Gasteiger partial charge in [0.1, 0.15) is 0 Å². The van der Waals surface area contributed by atoms with E-state index in [-0.39, 0.29) is 11.3 Å². The molecule has 2 aromatic carbocycles. The molecule has 4 aromatic rings. The topological polar surface area (TPSA) is 69.3 Å². The number of Topliss-reactive ketones (excluding diaryl/α,β-unsaturated/α-hetero) is 1. The Kier molecular flexibility index (Phi) is 6.82. The molecule has 0 N–H and O–H groups in total. The highest BCUT2D eigenvalue weighted by atomic mass is 32.2. The molecule has 0 aliphatic rings. The normalized spacial score (nSPS) is 11.4. The van der Waals surface area contributed by atoms with E-state index in [0.29, 0.717) is 24.1 Å². The fourth-order valence-corrected chi connectivity index (χ4v) is 4.59. The van der Waals surface area contributed by atoms with Crippen LogP contribution in [0.25, 0.3) is 16.7 Å². The first kappa shape index (κ1) is 21.3. The van der Waals surface area contributed by atoms with Crippen molar-refractivity contribution in [3.8, 4) is 0 Å². The zero-order chi connectivity index (χ0) is 21.6. The minimum Gasteiger partial charge on any atom is -0.294 e. The van der Waals surface area contributed by atoms with Crippen LogP contribution in [-0.4, -0.2) is 30.7 Å². The number of benzene rings is 2. The van der Waals surface area contributed by atoms with E-state index in [4.69, 9.17) is 0 Å². The molecule has 0 saturated carbocycles. The van der Waals surface area contributed by atoms with Crippen molar-refractivity contribution in [3.05, 3.63) is 70.5 Å². The Balaban J connectivity index is 1.56. The number of carbonyl (C=O) groups excluding carboxylic acids is 1. The average molecular weight is 435 g/mol. The van der Waals surface area contributed by atoms with Gasteiger partial charge >= 0.3 is 0 Å². The molecule has 7 heteroatoms. The maximum atomic E-state index is 13.1. The number of rotatable bonds is 10. The fraction of sp³-hybridized carbons (Fsp3) is 0.333. The quantitative estimate of drug-likeness (QED) is 0.200. The number of fused-ring (bicyclic) bond motifs is 3.